The second-order valence-electron chi connectivity index (χ2n) is 8.18. The molecule has 0 bridgehead atoms. The first kappa shape index (κ1) is 22.7. The van der Waals surface area contributed by atoms with E-state index in [1.54, 1.807) is 29.2 Å². The van der Waals surface area contributed by atoms with Crippen molar-refractivity contribution < 1.29 is 18.4 Å². The lowest BCUT2D eigenvalue weighted by Crippen LogP contribution is -2.39. The Morgan fingerprint density at radius 3 is 2.85 bits per heavy atom. The Bertz CT molecular complexity index is 1400. The number of thiophene rings is 1. The molecular formula is C23H20BrF2N5O2S. The van der Waals surface area contributed by atoms with Gasteiger partial charge < -0.3 is 14.2 Å². The van der Waals surface area contributed by atoms with E-state index in [-0.39, 0.29) is 23.6 Å². The van der Waals surface area contributed by atoms with Gasteiger partial charge in [-0.1, -0.05) is 0 Å². The average molecular weight is 548 g/mol. The van der Waals surface area contributed by atoms with Gasteiger partial charge in [-0.2, -0.15) is 16.4 Å². The highest BCUT2D eigenvalue weighted by molar-refractivity contribution is 9.10. The maximum Gasteiger partial charge on any atom is 0.265 e. The summed E-state index contributed by atoms with van der Waals surface area (Å²) >= 11 is 4.53. The van der Waals surface area contributed by atoms with Crippen molar-refractivity contribution in [2.75, 3.05) is 13.6 Å². The molecule has 0 spiro atoms. The van der Waals surface area contributed by atoms with E-state index in [1.165, 1.54) is 10.8 Å². The van der Waals surface area contributed by atoms with E-state index in [1.807, 2.05) is 33.5 Å². The molecule has 176 valence electrons. The zero-order valence-corrected chi connectivity index (χ0v) is 20.5. The Hall–Kier alpha value is -3.05. The minimum absolute atomic E-state index is 0.0502. The van der Waals surface area contributed by atoms with Crippen LogP contribution in [0.4, 0.5) is 8.78 Å². The van der Waals surface area contributed by atoms with E-state index in [9.17, 15) is 18.4 Å². The van der Waals surface area contributed by atoms with Crippen molar-refractivity contribution >= 4 is 44.6 Å². The lowest BCUT2D eigenvalue weighted by Gasteiger charge is -2.29. The predicted octanol–water partition coefficient (Wildman–Crippen LogP) is 4.83. The summed E-state index contributed by atoms with van der Waals surface area (Å²) in [5.41, 5.74) is 2.92. The fourth-order valence-electron chi connectivity index (χ4n) is 4.17. The molecule has 0 saturated heterocycles. The zero-order valence-electron chi connectivity index (χ0n) is 18.1. The van der Waals surface area contributed by atoms with Gasteiger partial charge in [0.2, 0.25) is 0 Å². The maximum absolute atomic E-state index is 13.3. The van der Waals surface area contributed by atoms with Crippen molar-refractivity contribution in [3.05, 3.63) is 80.0 Å². The van der Waals surface area contributed by atoms with E-state index in [0.29, 0.717) is 25.2 Å². The molecule has 0 aromatic carbocycles. The van der Waals surface area contributed by atoms with Crippen LogP contribution in [-0.4, -0.2) is 49.4 Å². The molecule has 4 aromatic heterocycles. The highest BCUT2D eigenvalue weighted by atomic mass is 79.9. The summed E-state index contributed by atoms with van der Waals surface area (Å²) in [6.45, 7) is 1.41. The number of amides is 2. The molecule has 0 radical (unpaired) electrons. The number of hydrogen-bond acceptors (Lipinski definition) is 4. The quantitative estimate of drug-likeness (QED) is 0.359. The first-order valence-corrected chi connectivity index (χ1v) is 12.2. The molecule has 0 saturated carbocycles. The molecule has 5 heterocycles. The molecule has 0 atom stereocenters. The van der Waals surface area contributed by atoms with Crippen LogP contribution in [0, 0.1) is 0 Å². The van der Waals surface area contributed by atoms with Crippen molar-refractivity contribution in [2.24, 2.45) is 0 Å². The highest BCUT2D eigenvalue weighted by Gasteiger charge is 2.29. The molecule has 7 nitrogen and oxygen atoms in total. The van der Waals surface area contributed by atoms with Gasteiger partial charge in [0, 0.05) is 64.4 Å². The lowest BCUT2D eigenvalue weighted by molar-refractivity contribution is 0.0691. The molecular weight excluding hydrogens is 528 g/mol. The molecule has 1 aliphatic rings. The fourth-order valence-corrected chi connectivity index (χ4v) is 5.34. The number of halogens is 3. The summed E-state index contributed by atoms with van der Waals surface area (Å²) < 4.78 is 31.1. The Morgan fingerprint density at radius 2 is 2.06 bits per heavy atom. The van der Waals surface area contributed by atoms with Gasteiger partial charge in [-0.25, -0.2) is 8.78 Å². The van der Waals surface area contributed by atoms with Crippen LogP contribution in [0.3, 0.4) is 0 Å². The van der Waals surface area contributed by atoms with Crippen molar-refractivity contribution in [3.63, 3.8) is 0 Å². The standard InChI is InChI=1S/C23H20BrF2N5O2S/c1-28(22(32)14-6-17-3-2-16(24)10-30(17)9-14)8-15-7-27-31-5-4-29(11-20(15)31)23(33)19-13-34-12-18(19)21(25)26/h2-3,6-7,9-10,12-13,21H,4-5,8,11H2,1H3. The Balaban J connectivity index is 1.33. The van der Waals surface area contributed by atoms with E-state index in [2.05, 4.69) is 21.0 Å². The third-order valence-electron chi connectivity index (χ3n) is 5.96. The highest BCUT2D eigenvalue weighted by Crippen LogP contribution is 2.29. The molecule has 0 fully saturated rings. The Kier molecular flexibility index (Phi) is 5.98. The van der Waals surface area contributed by atoms with Crippen molar-refractivity contribution in [1.82, 2.24) is 24.0 Å². The van der Waals surface area contributed by atoms with Gasteiger partial charge in [0.1, 0.15) is 0 Å². The summed E-state index contributed by atoms with van der Waals surface area (Å²) in [4.78, 5) is 29.2. The molecule has 0 aliphatic carbocycles. The minimum atomic E-state index is -2.69. The monoisotopic (exact) mass is 547 g/mol. The number of alkyl halides is 2. The predicted molar refractivity (Wildman–Crippen MR) is 127 cm³/mol. The molecule has 2 amide bonds. The van der Waals surface area contributed by atoms with Gasteiger partial charge in [-0.15, -0.1) is 0 Å². The molecule has 1 aliphatic heterocycles. The summed E-state index contributed by atoms with van der Waals surface area (Å²) in [6, 6.07) is 5.67. The normalized spacial score (nSPS) is 13.5. The number of aromatic nitrogens is 3. The van der Waals surface area contributed by atoms with Gasteiger partial charge in [0.25, 0.3) is 18.2 Å². The van der Waals surface area contributed by atoms with Crippen molar-refractivity contribution in [3.8, 4) is 0 Å². The van der Waals surface area contributed by atoms with Gasteiger partial charge in [0.15, 0.2) is 0 Å². The summed E-state index contributed by atoms with van der Waals surface area (Å²) in [6.07, 6.45) is 2.69. The van der Waals surface area contributed by atoms with Crippen LogP contribution in [0.15, 0.2) is 52.0 Å². The van der Waals surface area contributed by atoms with Crippen LogP contribution in [0.1, 0.15) is 44.0 Å². The fraction of sp³-hybridized carbons (Fsp3) is 0.261. The molecule has 4 aromatic rings. The Labute approximate surface area is 206 Å². The van der Waals surface area contributed by atoms with Crippen LogP contribution in [0.2, 0.25) is 0 Å². The van der Waals surface area contributed by atoms with E-state index < -0.39 is 12.3 Å². The largest absolute Gasteiger partial charge is 0.337 e. The molecule has 5 rings (SSSR count). The number of carbonyl (C=O) groups excluding carboxylic acids is 2. The number of pyridine rings is 1. The minimum Gasteiger partial charge on any atom is -0.337 e. The van der Waals surface area contributed by atoms with E-state index in [0.717, 1.165) is 32.6 Å². The van der Waals surface area contributed by atoms with E-state index >= 15 is 0 Å². The first-order valence-electron chi connectivity index (χ1n) is 10.5. The SMILES string of the molecule is CN(Cc1cnn2c1CN(C(=O)c1cscc1C(F)F)CC2)C(=O)c1cc2ccc(Br)cn2c1. The van der Waals surface area contributed by atoms with Crippen LogP contribution < -0.4 is 0 Å². The number of rotatable bonds is 5. The number of fused-ring (bicyclic) bond motifs is 2. The zero-order chi connectivity index (χ0) is 24.0. The topological polar surface area (TPSA) is 62.9 Å². The smallest absolute Gasteiger partial charge is 0.265 e. The molecule has 34 heavy (non-hydrogen) atoms. The Morgan fingerprint density at radius 1 is 1.24 bits per heavy atom. The second kappa shape index (κ2) is 8.95. The van der Waals surface area contributed by atoms with Gasteiger partial charge in [-0.05, 0) is 34.1 Å². The van der Waals surface area contributed by atoms with Crippen LogP contribution >= 0.6 is 27.3 Å². The lowest BCUT2D eigenvalue weighted by atomic mass is 10.1. The summed E-state index contributed by atoms with van der Waals surface area (Å²) in [7, 11) is 1.72. The second-order valence-corrected chi connectivity index (χ2v) is 9.84. The third-order valence-corrected chi connectivity index (χ3v) is 7.19. The van der Waals surface area contributed by atoms with Gasteiger partial charge >= 0.3 is 0 Å². The summed E-state index contributed by atoms with van der Waals surface area (Å²) in [5.74, 6) is -0.547. The third kappa shape index (κ3) is 4.14. The average Bonchev–Trinajstić information content (AvgIpc) is 3.55. The van der Waals surface area contributed by atoms with Crippen molar-refractivity contribution in [1.29, 1.82) is 0 Å². The molecule has 11 heteroatoms. The van der Waals surface area contributed by atoms with Crippen LogP contribution in [0.25, 0.3) is 5.52 Å². The number of carbonyl (C=O) groups is 2. The van der Waals surface area contributed by atoms with Gasteiger partial charge in [0.05, 0.1) is 36.1 Å². The van der Waals surface area contributed by atoms with Gasteiger partial charge in [-0.3, -0.25) is 14.3 Å². The molecule has 0 N–H and O–H groups in total. The number of nitrogens with zero attached hydrogens (tertiary/aromatic N) is 5. The van der Waals surface area contributed by atoms with E-state index in [4.69, 9.17) is 0 Å². The van der Waals surface area contributed by atoms with Crippen LogP contribution in [0.5, 0.6) is 0 Å². The first-order chi connectivity index (χ1) is 16.3. The van der Waals surface area contributed by atoms with Crippen molar-refractivity contribution in [2.45, 2.75) is 26.1 Å². The molecule has 0 unspecified atom stereocenters. The summed E-state index contributed by atoms with van der Waals surface area (Å²) in [5, 5.41) is 7.20. The number of hydrogen-bond donors (Lipinski definition) is 0. The van der Waals surface area contributed by atoms with Crippen LogP contribution in [-0.2, 0) is 19.6 Å². The maximum atomic E-state index is 13.3.